The van der Waals surface area contributed by atoms with Crippen LogP contribution >= 0.6 is 11.8 Å². The molecule has 0 spiro atoms. The summed E-state index contributed by atoms with van der Waals surface area (Å²) in [6.07, 6.45) is 1.67. The van der Waals surface area contributed by atoms with Gasteiger partial charge in [-0.3, -0.25) is 4.99 Å². The van der Waals surface area contributed by atoms with Crippen LogP contribution in [0.3, 0.4) is 0 Å². The van der Waals surface area contributed by atoms with Crippen LogP contribution < -0.4 is 11.5 Å². The van der Waals surface area contributed by atoms with Gasteiger partial charge >= 0.3 is 0 Å². The van der Waals surface area contributed by atoms with E-state index >= 15 is 0 Å². The summed E-state index contributed by atoms with van der Waals surface area (Å²) in [5, 5.41) is 4.73. The Morgan fingerprint density at radius 2 is 1.70 bits per heavy atom. The molecule has 4 rings (SSSR count). The zero-order valence-electron chi connectivity index (χ0n) is 18.8. The van der Waals surface area contributed by atoms with Gasteiger partial charge in [0.2, 0.25) is 0 Å². The number of thioether (sulfide) groups is 1. The Hall–Kier alpha value is -3.65. The van der Waals surface area contributed by atoms with E-state index in [9.17, 15) is 0 Å². The number of aliphatic imine (C=N–C) groups is 1. The van der Waals surface area contributed by atoms with Crippen LogP contribution in [-0.2, 0) is 6.54 Å². The molecule has 0 aliphatic carbocycles. The van der Waals surface area contributed by atoms with E-state index in [2.05, 4.69) is 41.1 Å². The lowest BCUT2D eigenvalue weighted by atomic mass is 10.1. The number of rotatable bonds is 7. The topological polar surface area (TPSA) is 116 Å². The predicted octanol–water partition coefficient (Wildman–Crippen LogP) is 5.43. The molecular formula is C25H26N6OS. The zero-order valence-corrected chi connectivity index (χ0v) is 19.6. The highest BCUT2D eigenvalue weighted by molar-refractivity contribution is 7.99. The van der Waals surface area contributed by atoms with Crippen LogP contribution in [0.5, 0.6) is 0 Å². The number of anilines is 1. The number of aromatic nitrogens is 3. The fourth-order valence-electron chi connectivity index (χ4n) is 3.22. The highest BCUT2D eigenvalue weighted by atomic mass is 32.2. The lowest BCUT2D eigenvalue weighted by Gasteiger charge is -2.07. The average molecular weight is 459 g/mol. The molecule has 8 heteroatoms. The van der Waals surface area contributed by atoms with Crippen LogP contribution in [-0.4, -0.2) is 26.2 Å². The molecule has 0 unspecified atom stereocenters. The van der Waals surface area contributed by atoms with Gasteiger partial charge in [-0.2, -0.15) is 0 Å². The van der Waals surface area contributed by atoms with Gasteiger partial charge in [0, 0.05) is 27.3 Å². The second kappa shape index (κ2) is 9.87. The van der Waals surface area contributed by atoms with Gasteiger partial charge in [-0.15, -0.1) is 11.8 Å². The Bertz CT molecular complexity index is 1260. The summed E-state index contributed by atoms with van der Waals surface area (Å²) >= 11 is 1.82. The van der Waals surface area contributed by atoms with Crippen LogP contribution in [0.25, 0.3) is 34.0 Å². The minimum absolute atomic E-state index is 0.291. The van der Waals surface area contributed by atoms with Crippen molar-refractivity contribution in [1.29, 1.82) is 0 Å². The molecule has 0 saturated heterocycles. The Morgan fingerprint density at radius 1 is 1.03 bits per heavy atom. The number of nitrogens with two attached hydrogens (primary N) is 2. The van der Waals surface area contributed by atoms with Gasteiger partial charge in [0.1, 0.15) is 5.69 Å². The van der Waals surface area contributed by atoms with Crippen LogP contribution in [0.4, 0.5) is 5.82 Å². The lowest BCUT2D eigenvalue weighted by Crippen LogP contribution is -2.05. The first-order valence-electron chi connectivity index (χ1n) is 10.6. The number of hydrogen-bond donors (Lipinski definition) is 2. The maximum absolute atomic E-state index is 6.12. The number of hydrogen-bond acceptors (Lipinski definition) is 7. The average Bonchev–Trinajstić information content (AvgIpc) is 3.28. The summed E-state index contributed by atoms with van der Waals surface area (Å²) in [6, 6.07) is 18.0. The summed E-state index contributed by atoms with van der Waals surface area (Å²) in [5.41, 5.74) is 16.5. The second-order valence-corrected chi connectivity index (χ2v) is 9.56. The van der Waals surface area contributed by atoms with E-state index in [1.807, 2.05) is 54.2 Å². The monoisotopic (exact) mass is 458 g/mol. The first-order valence-corrected chi connectivity index (χ1v) is 11.5. The molecule has 4 N–H and O–H groups in total. The third-order valence-electron chi connectivity index (χ3n) is 4.83. The van der Waals surface area contributed by atoms with E-state index in [0.29, 0.717) is 40.6 Å². The quantitative estimate of drug-likeness (QED) is 0.216. The highest BCUT2D eigenvalue weighted by Crippen LogP contribution is 2.31. The lowest BCUT2D eigenvalue weighted by molar-refractivity contribution is 0.434. The molecule has 168 valence electrons. The van der Waals surface area contributed by atoms with Gasteiger partial charge in [0.15, 0.2) is 17.3 Å². The van der Waals surface area contributed by atoms with E-state index in [1.165, 1.54) is 4.90 Å². The Morgan fingerprint density at radius 3 is 2.36 bits per heavy atom. The number of nitrogens with zero attached hydrogens (tertiary/aromatic N) is 4. The molecule has 0 amide bonds. The first kappa shape index (κ1) is 22.5. The minimum atomic E-state index is 0.291. The largest absolute Gasteiger partial charge is 0.388 e. The Balaban J connectivity index is 1.57. The third kappa shape index (κ3) is 5.59. The van der Waals surface area contributed by atoms with Crippen molar-refractivity contribution in [2.75, 3.05) is 5.73 Å². The van der Waals surface area contributed by atoms with Crippen molar-refractivity contribution < 1.29 is 4.52 Å². The van der Waals surface area contributed by atoms with E-state index in [-0.39, 0.29) is 0 Å². The van der Waals surface area contributed by atoms with E-state index < -0.39 is 0 Å². The maximum atomic E-state index is 6.12. The molecule has 0 atom stereocenters. The molecule has 2 heterocycles. The van der Waals surface area contributed by atoms with E-state index in [0.717, 1.165) is 22.4 Å². The van der Waals surface area contributed by atoms with Gasteiger partial charge in [-0.25, -0.2) is 9.97 Å². The molecular weight excluding hydrogens is 432 g/mol. The summed E-state index contributed by atoms with van der Waals surface area (Å²) in [7, 11) is 0. The maximum Gasteiger partial charge on any atom is 0.189 e. The Labute approximate surface area is 197 Å². The van der Waals surface area contributed by atoms with Crippen molar-refractivity contribution in [3.63, 3.8) is 0 Å². The minimum Gasteiger partial charge on any atom is -0.388 e. The van der Waals surface area contributed by atoms with Gasteiger partial charge in [-0.1, -0.05) is 55.4 Å². The summed E-state index contributed by atoms with van der Waals surface area (Å²) < 4.78 is 5.57. The molecule has 0 aliphatic heterocycles. The van der Waals surface area contributed by atoms with Crippen molar-refractivity contribution in [3.8, 4) is 34.0 Å². The number of amidine groups is 1. The molecule has 0 saturated carbocycles. The molecule has 2 aromatic carbocycles. The van der Waals surface area contributed by atoms with E-state index in [4.69, 9.17) is 21.0 Å². The Kier molecular flexibility index (Phi) is 6.74. The zero-order chi connectivity index (χ0) is 23.4. The van der Waals surface area contributed by atoms with Crippen LogP contribution in [0.15, 0.2) is 75.2 Å². The van der Waals surface area contributed by atoms with Gasteiger partial charge in [0.05, 0.1) is 24.3 Å². The fraction of sp³-hybridized carbons (Fsp3) is 0.200. The van der Waals surface area contributed by atoms with Gasteiger partial charge in [0.25, 0.3) is 0 Å². The summed E-state index contributed by atoms with van der Waals surface area (Å²) in [5.74, 6) is 1.32. The van der Waals surface area contributed by atoms with E-state index in [1.54, 1.807) is 13.1 Å². The van der Waals surface area contributed by atoms with Crippen molar-refractivity contribution >= 4 is 23.4 Å². The molecule has 2 aromatic heterocycles. The fourth-order valence-corrected chi connectivity index (χ4v) is 4.05. The second-order valence-electron chi connectivity index (χ2n) is 7.91. The summed E-state index contributed by atoms with van der Waals surface area (Å²) in [6.45, 7) is 6.67. The van der Waals surface area contributed by atoms with Crippen molar-refractivity contribution in [1.82, 2.24) is 15.1 Å². The van der Waals surface area contributed by atoms with Crippen LogP contribution in [0, 0.1) is 0 Å². The molecule has 0 aliphatic rings. The third-order valence-corrected chi connectivity index (χ3v) is 5.84. The van der Waals surface area contributed by atoms with Crippen molar-refractivity contribution in [2.24, 2.45) is 10.7 Å². The smallest absolute Gasteiger partial charge is 0.189 e. The highest BCUT2D eigenvalue weighted by Gasteiger charge is 2.15. The molecule has 7 nitrogen and oxygen atoms in total. The van der Waals surface area contributed by atoms with Crippen LogP contribution in [0.1, 0.15) is 26.3 Å². The number of benzene rings is 2. The van der Waals surface area contributed by atoms with Crippen LogP contribution in [0.2, 0.25) is 0 Å². The summed E-state index contributed by atoms with van der Waals surface area (Å²) in [4.78, 5) is 14.5. The SMILES string of the molecule is CC(N)=NCc1ccc(-c2cc(-c3nc(-c4ccc(SC(C)C)cc4)cnc3N)on2)cc1. The molecule has 4 aromatic rings. The molecule has 0 bridgehead atoms. The van der Waals surface area contributed by atoms with Gasteiger partial charge in [-0.05, 0) is 24.6 Å². The standard InChI is InChI=1S/C25H26N6OS/c1-15(2)33-20-10-8-19(9-11-20)22-14-29-25(27)24(30-22)23-12-21(31-32-23)18-6-4-17(5-7-18)13-28-16(3)26/h4-12,14-15H,13H2,1-3H3,(H2,26,28)(H2,27,29). The van der Waals surface area contributed by atoms with Gasteiger partial charge < -0.3 is 16.0 Å². The van der Waals surface area contributed by atoms with Crippen molar-refractivity contribution in [2.45, 2.75) is 37.5 Å². The number of nitrogen functional groups attached to an aromatic ring is 1. The molecule has 33 heavy (non-hydrogen) atoms. The van der Waals surface area contributed by atoms with Crippen molar-refractivity contribution in [3.05, 3.63) is 66.4 Å². The predicted molar refractivity (Wildman–Crippen MR) is 135 cm³/mol. The normalized spacial score (nSPS) is 11.8. The molecule has 0 radical (unpaired) electrons. The molecule has 0 fully saturated rings. The first-order chi connectivity index (χ1) is 15.9.